The Morgan fingerprint density at radius 3 is 1.74 bits per heavy atom. The Hall–Kier alpha value is -4.13. The normalized spacial score (nSPS) is 12.4. The number of ether oxygens (including phenoxy) is 1. The fourth-order valence-electron chi connectivity index (χ4n) is 3.72. The molecule has 0 spiro atoms. The number of carbonyl (C=O) groups excluding carboxylic acids is 1. The fraction of sp³-hybridized carbons (Fsp3) is 0.138. The van der Waals surface area contributed by atoms with E-state index >= 15 is 0 Å². The number of benzene rings is 4. The lowest BCUT2D eigenvalue weighted by Gasteiger charge is -2.26. The molecule has 6 heteroatoms. The second-order valence-corrected chi connectivity index (χ2v) is 8.05. The molecule has 178 valence electrons. The van der Waals surface area contributed by atoms with Crippen molar-refractivity contribution >= 4 is 23.2 Å². The van der Waals surface area contributed by atoms with Gasteiger partial charge in [0.05, 0.1) is 0 Å². The first-order valence-corrected chi connectivity index (χ1v) is 11.4. The molecule has 0 saturated carbocycles. The molecule has 0 heterocycles. The second kappa shape index (κ2) is 11.8. The van der Waals surface area contributed by atoms with Crippen molar-refractivity contribution in [1.29, 1.82) is 0 Å². The van der Waals surface area contributed by atoms with Gasteiger partial charge >= 0.3 is 6.09 Å². The van der Waals surface area contributed by atoms with Crippen LogP contribution in [-0.2, 0) is 11.3 Å². The number of nitrogens with one attached hydrogen (secondary N) is 1. The number of para-hydroxylation sites is 2. The molecule has 0 aliphatic heterocycles. The molecular formula is C29H28N2O4. The molecule has 4 aromatic carbocycles. The van der Waals surface area contributed by atoms with Crippen molar-refractivity contribution in [1.82, 2.24) is 5.32 Å². The van der Waals surface area contributed by atoms with Gasteiger partial charge in [0.2, 0.25) is 0 Å². The number of amides is 1. The maximum atomic E-state index is 11.9. The SMILES string of the molecule is O=C(NCC(O)C(O)c1ccc(N(c2ccccc2)c2ccccc2)cc1)OCc1ccccc1. The molecule has 1 amide bonds. The molecule has 3 N–H and O–H groups in total. The Morgan fingerprint density at radius 2 is 1.20 bits per heavy atom. The number of carbonyl (C=O) groups is 1. The lowest BCUT2D eigenvalue weighted by atomic mass is 10.0. The van der Waals surface area contributed by atoms with Crippen molar-refractivity contribution < 1.29 is 19.7 Å². The van der Waals surface area contributed by atoms with Crippen molar-refractivity contribution in [2.45, 2.75) is 18.8 Å². The zero-order valence-corrected chi connectivity index (χ0v) is 19.2. The van der Waals surface area contributed by atoms with E-state index in [0.717, 1.165) is 22.6 Å². The molecule has 6 nitrogen and oxygen atoms in total. The Balaban J connectivity index is 1.38. The molecular weight excluding hydrogens is 440 g/mol. The highest BCUT2D eigenvalue weighted by Crippen LogP contribution is 2.34. The summed E-state index contributed by atoms with van der Waals surface area (Å²) >= 11 is 0. The average Bonchev–Trinajstić information content (AvgIpc) is 2.92. The van der Waals surface area contributed by atoms with E-state index in [1.54, 1.807) is 12.1 Å². The van der Waals surface area contributed by atoms with Crippen LogP contribution in [0.1, 0.15) is 17.2 Å². The number of aliphatic hydroxyl groups excluding tert-OH is 2. The predicted octanol–water partition coefficient (Wildman–Crippen LogP) is 5.48. The monoisotopic (exact) mass is 468 g/mol. The maximum absolute atomic E-state index is 11.9. The average molecular weight is 469 g/mol. The van der Waals surface area contributed by atoms with E-state index in [-0.39, 0.29) is 13.2 Å². The summed E-state index contributed by atoms with van der Waals surface area (Å²) in [5, 5.41) is 23.5. The van der Waals surface area contributed by atoms with Crippen LogP contribution in [0.2, 0.25) is 0 Å². The number of rotatable bonds is 9. The smallest absolute Gasteiger partial charge is 0.407 e. The first-order chi connectivity index (χ1) is 17.1. The summed E-state index contributed by atoms with van der Waals surface area (Å²) in [6, 6.07) is 36.6. The highest BCUT2D eigenvalue weighted by Gasteiger charge is 2.20. The van der Waals surface area contributed by atoms with E-state index in [4.69, 9.17) is 4.74 Å². The zero-order chi connectivity index (χ0) is 24.5. The van der Waals surface area contributed by atoms with Crippen LogP contribution in [0.5, 0.6) is 0 Å². The van der Waals surface area contributed by atoms with Crippen LogP contribution in [0.25, 0.3) is 0 Å². The highest BCUT2D eigenvalue weighted by atomic mass is 16.5. The van der Waals surface area contributed by atoms with E-state index in [1.807, 2.05) is 103 Å². The Labute approximate surface area is 205 Å². The van der Waals surface area contributed by atoms with Crippen molar-refractivity contribution in [3.05, 3.63) is 126 Å². The first-order valence-electron chi connectivity index (χ1n) is 11.4. The Morgan fingerprint density at radius 1 is 0.714 bits per heavy atom. The van der Waals surface area contributed by atoms with Gasteiger partial charge in [-0.2, -0.15) is 0 Å². The summed E-state index contributed by atoms with van der Waals surface area (Å²) in [7, 11) is 0. The van der Waals surface area contributed by atoms with Gasteiger partial charge in [0.1, 0.15) is 18.8 Å². The van der Waals surface area contributed by atoms with Gasteiger partial charge in [-0.25, -0.2) is 4.79 Å². The number of nitrogens with zero attached hydrogens (tertiary/aromatic N) is 1. The number of hydrogen-bond donors (Lipinski definition) is 3. The van der Waals surface area contributed by atoms with Gasteiger partial charge in [0, 0.05) is 23.6 Å². The topological polar surface area (TPSA) is 82.0 Å². The van der Waals surface area contributed by atoms with Crippen LogP contribution in [0.15, 0.2) is 115 Å². The van der Waals surface area contributed by atoms with Crippen LogP contribution in [0.3, 0.4) is 0 Å². The summed E-state index contributed by atoms with van der Waals surface area (Å²) in [5.41, 5.74) is 4.33. The molecule has 4 aromatic rings. The molecule has 0 aliphatic rings. The lowest BCUT2D eigenvalue weighted by molar-refractivity contribution is 0.0184. The van der Waals surface area contributed by atoms with Crippen molar-refractivity contribution in [2.24, 2.45) is 0 Å². The summed E-state index contributed by atoms with van der Waals surface area (Å²) < 4.78 is 5.14. The van der Waals surface area contributed by atoms with E-state index < -0.39 is 18.3 Å². The summed E-state index contributed by atoms with van der Waals surface area (Å²) in [6.45, 7) is -0.0111. The fourth-order valence-corrected chi connectivity index (χ4v) is 3.72. The third-order valence-corrected chi connectivity index (χ3v) is 5.55. The highest BCUT2D eigenvalue weighted by molar-refractivity contribution is 5.76. The molecule has 35 heavy (non-hydrogen) atoms. The van der Waals surface area contributed by atoms with Crippen LogP contribution in [0, 0.1) is 0 Å². The molecule has 0 bridgehead atoms. The lowest BCUT2D eigenvalue weighted by Crippen LogP contribution is -2.35. The van der Waals surface area contributed by atoms with E-state index in [0.29, 0.717) is 5.56 Å². The second-order valence-electron chi connectivity index (χ2n) is 8.05. The van der Waals surface area contributed by atoms with Gasteiger partial charge < -0.3 is 25.2 Å². The molecule has 0 radical (unpaired) electrons. The van der Waals surface area contributed by atoms with Crippen LogP contribution < -0.4 is 10.2 Å². The predicted molar refractivity (Wildman–Crippen MR) is 137 cm³/mol. The molecule has 0 saturated heterocycles. The summed E-state index contributed by atoms with van der Waals surface area (Å²) in [6.07, 6.45) is -3.01. The van der Waals surface area contributed by atoms with Crippen LogP contribution in [-0.4, -0.2) is 29.0 Å². The quantitative estimate of drug-likeness (QED) is 0.303. The minimum atomic E-state index is -1.19. The van der Waals surface area contributed by atoms with Gasteiger partial charge in [-0.15, -0.1) is 0 Å². The Bertz CT molecular complexity index is 1150. The van der Waals surface area contributed by atoms with Gasteiger partial charge in [0.15, 0.2) is 0 Å². The number of alkyl carbamates (subject to hydrolysis) is 1. The van der Waals surface area contributed by atoms with Crippen LogP contribution >= 0.6 is 0 Å². The molecule has 0 aliphatic carbocycles. The van der Waals surface area contributed by atoms with Gasteiger partial charge in [0.25, 0.3) is 0 Å². The molecule has 0 fully saturated rings. The third-order valence-electron chi connectivity index (χ3n) is 5.55. The summed E-state index contributed by atoms with van der Waals surface area (Å²) in [4.78, 5) is 14.0. The summed E-state index contributed by atoms with van der Waals surface area (Å²) in [5.74, 6) is 0. The largest absolute Gasteiger partial charge is 0.445 e. The molecule has 2 atom stereocenters. The van der Waals surface area contributed by atoms with Crippen molar-refractivity contribution in [2.75, 3.05) is 11.4 Å². The zero-order valence-electron chi connectivity index (χ0n) is 19.2. The maximum Gasteiger partial charge on any atom is 0.407 e. The van der Waals surface area contributed by atoms with Gasteiger partial charge in [-0.3, -0.25) is 0 Å². The van der Waals surface area contributed by atoms with Crippen LogP contribution in [0.4, 0.5) is 21.9 Å². The molecule has 2 unspecified atom stereocenters. The molecule has 4 rings (SSSR count). The van der Waals surface area contributed by atoms with E-state index in [2.05, 4.69) is 10.2 Å². The van der Waals surface area contributed by atoms with Gasteiger partial charge in [-0.05, 0) is 47.5 Å². The number of anilines is 3. The third kappa shape index (κ3) is 6.47. The van der Waals surface area contributed by atoms with Crippen molar-refractivity contribution in [3.8, 4) is 0 Å². The first kappa shape index (κ1) is 24.0. The van der Waals surface area contributed by atoms with Gasteiger partial charge in [-0.1, -0.05) is 78.9 Å². The Kier molecular flexibility index (Phi) is 8.12. The molecule has 0 aromatic heterocycles. The standard InChI is InChI=1S/C29H28N2O4/c32-27(20-30-29(34)35-21-22-10-4-1-5-11-22)28(33)23-16-18-26(19-17-23)31(24-12-6-2-7-13-24)25-14-8-3-9-15-25/h1-19,27-28,32-33H,20-21H2,(H,30,34). The minimum Gasteiger partial charge on any atom is -0.445 e. The minimum absolute atomic E-state index is 0.131. The number of aliphatic hydroxyl groups is 2. The van der Waals surface area contributed by atoms with Crippen molar-refractivity contribution in [3.63, 3.8) is 0 Å². The van der Waals surface area contributed by atoms with E-state index in [1.165, 1.54) is 0 Å². The number of hydrogen-bond acceptors (Lipinski definition) is 5. The van der Waals surface area contributed by atoms with E-state index in [9.17, 15) is 15.0 Å².